The van der Waals surface area contributed by atoms with E-state index in [0.29, 0.717) is 12.4 Å². The van der Waals surface area contributed by atoms with Crippen LogP contribution < -0.4 is 0 Å². The molecule has 6 nitrogen and oxygen atoms in total. The monoisotopic (exact) mass is 281 g/mol. The minimum Gasteiger partial charge on any atom is -0.385 e. The van der Waals surface area contributed by atoms with Crippen molar-refractivity contribution in [2.24, 2.45) is 0 Å². The molecule has 1 N–H and O–H groups in total. The number of aliphatic hydroxyl groups excluding tert-OH is 1. The molecule has 1 aromatic carbocycles. The minimum absolute atomic E-state index is 0.449. The Bertz CT molecular complexity index is 830. The van der Waals surface area contributed by atoms with Crippen LogP contribution in [0.2, 0.25) is 0 Å². The summed E-state index contributed by atoms with van der Waals surface area (Å²) in [4.78, 5) is 8.92. The van der Waals surface area contributed by atoms with Crippen molar-refractivity contribution in [2.75, 3.05) is 0 Å². The molecule has 1 atom stereocenters. The molecule has 1 aliphatic rings. The van der Waals surface area contributed by atoms with Crippen molar-refractivity contribution in [3.05, 3.63) is 47.8 Å². The molecule has 0 unspecified atom stereocenters. The molecule has 0 saturated heterocycles. The van der Waals surface area contributed by atoms with Crippen molar-refractivity contribution in [1.29, 1.82) is 0 Å². The Kier molecular flexibility index (Phi) is 2.49. The third-order valence-electron chi connectivity index (χ3n) is 3.84. The predicted octanol–water partition coefficient (Wildman–Crippen LogP) is 1.85. The molecule has 4 rings (SSSR count). The summed E-state index contributed by atoms with van der Waals surface area (Å²) in [7, 11) is 0. The van der Waals surface area contributed by atoms with Crippen LogP contribution in [-0.2, 0) is 6.54 Å². The Labute approximate surface area is 121 Å². The van der Waals surface area contributed by atoms with E-state index in [1.54, 1.807) is 6.92 Å². The fourth-order valence-corrected chi connectivity index (χ4v) is 2.72. The third-order valence-corrected chi connectivity index (χ3v) is 3.84. The van der Waals surface area contributed by atoms with Crippen LogP contribution in [0.15, 0.2) is 30.6 Å². The number of para-hydroxylation sites is 1. The van der Waals surface area contributed by atoms with Gasteiger partial charge in [-0.2, -0.15) is 5.10 Å². The van der Waals surface area contributed by atoms with Gasteiger partial charge in [-0.1, -0.05) is 12.1 Å². The molecule has 106 valence electrons. The van der Waals surface area contributed by atoms with Crippen LogP contribution in [0, 0.1) is 6.92 Å². The lowest BCUT2D eigenvalue weighted by Gasteiger charge is -2.07. The van der Waals surface area contributed by atoms with Gasteiger partial charge in [0.1, 0.15) is 6.10 Å². The van der Waals surface area contributed by atoms with Crippen LogP contribution in [0.25, 0.3) is 17.1 Å². The van der Waals surface area contributed by atoms with E-state index in [1.807, 2.05) is 42.2 Å². The molecule has 0 radical (unpaired) electrons. The zero-order chi connectivity index (χ0) is 14.6. The summed E-state index contributed by atoms with van der Waals surface area (Å²) >= 11 is 0. The number of aryl methyl sites for hydroxylation is 1. The average Bonchev–Trinajstić information content (AvgIpc) is 3.02. The molecule has 2 aromatic heterocycles. The van der Waals surface area contributed by atoms with E-state index in [4.69, 9.17) is 0 Å². The van der Waals surface area contributed by atoms with Gasteiger partial charge in [-0.25, -0.2) is 14.6 Å². The third kappa shape index (κ3) is 1.72. The highest BCUT2D eigenvalue weighted by molar-refractivity contribution is 5.69. The van der Waals surface area contributed by atoms with Gasteiger partial charge in [-0.3, -0.25) is 0 Å². The lowest BCUT2D eigenvalue weighted by molar-refractivity contribution is 0.188. The van der Waals surface area contributed by atoms with Gasteiger partial charge in [0.2, 0.25) is 0 Å². The summed E-state index contributed by atoms with van der Waals surface area (Å²) in [5.74, 6) is 1.23. The summed E-state index contributed by atoms with van der Waals surface area (Å²) in [6.45, 7) is 4.26. The molecule has 0 aliphatic carbocycles. The van der Waals surface area contributed by atoms with E-state index >= 15 is 0 Å². The number of nitrogens with zero attached hydrogens (tertiary/aromatic N) is 5. The van der Waals surface area contributed by atoms with E-state index in [2.05, 4.69) is 19.6 Å². The number of hydrogen-bond donors (Lipinski definition) is 1. The standard InChI is InChI=1S/C15H15N5O/c1-9-13-7-20-15(17-14(18-20)10(2)21)11-5-3-4-6-12(11)19(13)8-16-9/h3-6,8,10,21H,7H2,1-2H3/t10-/m1/s1. The van der Waals surface area contributed by atoms with E-state index in [1.165, 1.54) is 0 Å². The molecule has 3 heterocycles. The maximum atomic E-state index is 9.75. The van der Waals surface area contributed by atoms with Gasteiger partial charge in [-0.05, 0) is 26.0 Å². The Morgan fingerprint density at radius 3 is 2.90 bits per heavy atom. The number of rotatable bonds is 1. The summed E-state index contributed by atoms with van der Waals surface area (Å²) < 4.78 is 3.93. The highest BCUT2D eigenvalue weighted by Crippen LogP contribution is 2.31. The minimum atomic E-state index is -0.678. The van der Waals surface area contributed by atoms with E-state index < -0.39 is 6.10 Å². The quantitative estimate of drug-likeness (QED) is 0.578. The smallest absolute Gasteiger partial charge is 0.179 e. The SMILES string of the molecule is Cc1ncn2c1Cn1nc([C@@H](C)O)nc1-c1ccccc1-2. The molecule has 1 aliphatic heterocycles. The first-order chi connectivity index (χ1) is 10.1. The van der Waals surface area contributed by atoms with Gasteiger partial charge in [0, 0.05) is 5.56 Å². The lowest BCUT2D eigenvalue weighted by Crippen LogP contribution is -2.06. The summed E-state index contributed by atoms with van der Waals surface area (Å²) in [5, 5.41) is 14.2. The van der Waals surface area contributed by atoms with Crippen LogP contribution in [0.5, 0.6) is 0 Å². The van der Waals surface area contributed by atoms with Crippen molar-refractivity contribution in [1.82, 2.24) is 24.3 Å². The first-order valence-electron chi connectivity index (χ1n) is 6.90. The Morgan fingerprint density at radius 1 is 1.29 bits per heavy atom. The first kappa shape index (κ1) is 12.3. The highest BCUT2D eigenvalue weighted by Gasteiger charge is 2.24. The molecule has 3 aromatic rings. The van der Waals surface area contributed by atoms with Gasteiger partial charge in [-0.15, -0.1) is 0 Å². The lowest BCUT2D eigenvalue weighted by atomic mass is 10.1. The van der Waals surface area contributed by atoms with Gasteiger partial charge >= 0.3 is 0 Å². The zero-order valence-electron chi connectivity index (χ0n) is 11.9. The molecule has 0 spiro atoms. The maximum absolute atomic E-state index is 9.75. The van der Waals surface area contributed by atoms with Gasteiger partial charge < -0.3 is 9.67 Å². The Morgan fingerprint density at radius 2 is 2.10 bits per heavy atom. The van der Waals surface area contributed by atoms with Crippen LogP contribution in [0.1, 0.15) is 30.2 Å². The van der Waals surface area contributed by atoms with Crippen LogP contribution >= 0.6 is 0 Å². The number of aromatic nitrogens is 5. The zero-order valence-corrected chi connectivity index (χ0v) is 11.9. The fraction of sp³-hybridized carbons (Fsp3) is 0.267. The number of benzene rings is 1. The average molecular weight is 281 g/mol. The summed E-state index contributed by atoms with van der Waals surface area (Å²) in [6, 6.07) is 8.05. The van der Waals surface area contributed by atoms with Crippen molar-refractivity contribution in [3.8, 4) is 17.1 Å². The second kappa shape index (κ2) is 4.26. The van der Waals surface area contributed by atoms with Gasteiger partial charge in [0.05, 0.1) is 29.9 Å². The molecule has 0 bridgehead atoms. The molecular weight excluding hydrogens is 266 g/mol. The molecule has 0 saturated carbocycles. The van der Waals surface area contributed by atoms with Crippen LogP contribution in [-0.4, -0.2) is 29.4 Å². The van der Waals surface area contributed by atoms with Gasteiger partial charge in [0.25, 0.3) is 0 Å². The van der Waals surface area contributed by atoms with Crippen molar-refractivity contribution >= 4 is 0 Å². The first-order valence-corrected chi connectivity index (χ1v) is 6.90. The Hall–Kier alpha value is -2.47. The van der Waals surface area contributed by atoms with Crippen LogP contribution in [0.4, 0.5) is 0 Å². The topological polar surface area (TPSA) is 68.8 Å². The molecule has 6 heteroatoms. The normalized spacial score (nSPS) is 14.0. The van der Waals surface area contributed by atoms with E-state index in [0.717, 1.165) is 28.5 Å². The summed E-state index contributed by atoms with van der Waals surface area (Å²) in [5.41, 5.74) is 4.10. The summed E-state index contributed by atoms with van der Waals surface area (Å²) in [6.07, 6.45) is 1.16. The van der Waals surface area contributed by atoms with Crippen LogP contribution in [0.3, 0.4) is 0 Å². The number of aliphatic hydroxyl groups is 1. The predicted molar refractivity (Wildman–Crippen MR) is 77.1 cm³/mol. The second-order valence-corrected chi connectivity index (χ2v) is 5.29. The molecule has 0 amide bonds. The number of imidazole rings is 1. The molecule has 0 fully saturated rings. The maximum Gasteiger partial charge on any atom is 0.179 e. The van der Waals surface area contributed by atoms with Gasteiger partial charge in [0.15, 0.2) is 11.6 Å². The van der Waals surface area contributed by atoms with E-state index in [9.17, 15) is 5.11 Å². The molecular formula is C15H15N5O. The van der Waals surface area contributed by atoms with E-state index in [-0.39, 0.29) is 0 Å². The largest absolute Gasteiger partial charge is 0.385 e. The van der Waals surface area contributed by atoms with Crippen molar-refractivity contribution in [2.45, 2.75) is 26.5 Å². The fourth-order valence-electron chi connectivity index (χ4n) is 2.72. The number of fused-ring (bicyclic) bond motifs is 5. The Balaban J connectivity index is 2.04. The van der Waals surface area contributed by atoms with Crippen molar-refractivity contribution < 1.29 is 5.11 Å². The highest BCUT2D eigenvalue weighted by atomic mass is 16.3. The second-order valence-electron chi connectivity index (χ2n) is 5.29. The molecule has 21 heavy (non-hydrogen) atoms. The van der Waals surface area contributed by atoms with Crippen molar-refractivity contribution in [3.63, 3.8) is 0 Å². The number of hydrogen-bond acceptors (Lipinski definition) is 4.